The van der Waals surface area contributed by atoms with Crippen LogP contribution in [0.25, 0.3) is 0 Å². The van der Waals surface area contributed by atoms with Crippen molar-refractivity contribution < 1.29 is 4.92 Å². The van der Waals surface area contributed by atoms with E-state index in [0.29, 0.717) is 18.3 Å². The summed E-state index contributed by atoms with van der Waals surface area (Å²) in [4.78, 5) is 13.1. The zero-order chi connectivity index (χ0) is 13.8. The molecule has 5 nitrogen and oxygen atoms in total. The molecule has 19 heavy (non-hydrogen) atoms. The number of piperidine rings is 1. The molecule has 1 atom stereocenters. The molecule has 1 unspecified atom stereocenters. The van der Waals surface area contributed by atoms with Crippen LogP contribution in [0.3, 0.4) is 0 Å². The fraction of sp³-hybridized carbons (Fsp3) is 0.538. The maximum atomic E-state index is 11.2. The highest BCUT2D eigenvalue weighted by Gasteiger charge is 2.27. The molecule has 0 aromatic heterocycles. The Kier molecular flexibility index (Phi) is 4.76. The first-order valence-corrected chi connectivity index (χ1v) is 7.33. The zero-order valence-corrected chi connectivity index (χ0v) is 12.3. The van der Waals surface area contributed by atoms with Crippen molar-refractivity contribution >= 4 is 27.3 Å². The number of anilines is 1. The van der Waals surface area contributed by atoms with Crippen molar-refractivity contribution in [2.24, 2.45) is 5.73 Å². The largest absolute Gasteiger partial charge is 0.363 e. The number of rotatable bonds is 4. The molecular weight excluding hydrogens is 310 g/mol. The Morgan fingerprint density at radius 3 is 2.95 bits per heavy atom. The van der Waals surface area contributed by atoms with Crippen molar-refractivity contribution in [3.63, 3.8) is 0 Å². The second-order valence-electron chi connectivity index (χ2n) is 4.81. The lowest BCUT2D eigenvalue weighted by atomic mass is 9.98. The molecule has 0 saturated carbocycles. The van der Waals surface area contributed by atoms with E-state index in [4.69, 9.17) is 5.73 Å². The third kappa shape index (κ3) is 3.25. The van der Waals surface area contributed by atoms with Gasteiger partial charge in [-0.1, -0.05) is 15.9 Å². The Morgan fingerprint density at radius 1 is 1.47 bits per heavy atom. The third-order valence-electron chi connectivity index (χ3n) is 3.57. The lowest BCUT2D eigenvalue weighted by Crippen LogP contribution is -2.41. The highest BCUT2D eigenvalue weighted by Crippen LogP contribution is 2.35. The molecule has 2 rings (SSSR count). The van der Waals surface area contributed by atoms with Gasteiger partial charge in [-0.05, 0) is 44.4 Å². The molecule has 104 valence electrons. The molecule has 1 fully saturated rings. The minimum Gasteiger partial charge on any atom is -0.363 e. The Bertz CT molecular complexity index is 465. The second kappa shape index (κ2) is 6.34. The van der Waals surface area contributed by atoms with Gasteiger partial charge in [0.2, 0.25) is 0 Å². The molecule has 1 aromatic carbocycles. The molecule has 1 aromatic rings. The quantitative estimate of drug-likeness (QED) is 0.681. The van der Waals surface area contributed by atoms with Gasteiger partial charge in [-0.15, -0.1) is 0 Å². The van der Waals surface area contributed by atoms with Gasteiger partial charge >= 0.3 is 0 Å². The van der Waals surface area contributed by atoms with Crippen molar-refractivity contribution in [1.29, 1.82) is 0 Å². The number of hydrogen-bond donors (Lipinski definition) is 1. The van der Waals surface area contributed by atoms with E-state index >= 15 is 0 Å². The lowest BCUT2D eigenvalue weighted by Gasteiger charge is -2.37. The van der Waals surface area contributed by atoms with Crippen LogP contribution in [-0.4, -0.2) is 24.1 Å². The van der Waals surface area contributed by atoms with E-state index in [0.717, 1.165) is 30.3 Å². The average molecular weight is 328 g/mol. The van der Waals surface area contributed by atoms with Gasteiger partial charge in [-0.2, -0.15) is 0 Å². The Balaban J connectivity index is 2.35. The first-order chi connectivity index (χ1) is 9.13. The fourth-order valence-electron chi connectivity index (χ4n) is 2.70. The van der Waals surface area contributed by atoms with Crippen molar-refractivity contribution in [3.05, 3.63) is 32.8 Å². The number of hydrogen-bond acceptors (Lipinski definition) is 4. The van der Waals surface area contributed by atoms with Crippen LogP contribution in [0.1, 0.15) is 25.7 Å². The number of nitrogens with zero attached hydrogens (tertiary/aromatic N) is 2. The Morgan fingerprint density at radius 2 is 2.26 bits per heavy atom. The highest BCUT2D eigenvalue weighted by molar-refractivity contribution is 9.10. The van der Waals surface area contributed by atoms with Gasteiger partial charge in [-0.3, -0.25) is 10.1 Å². The number of nitro benzene ring substituents is 1. The summed E-state index contributed by atoms with van der Waals surface area (Å²) < 4.78 is 0.732. The number of nitro groups is 1. The number of nitrogens with two attached hydrogens (primary N) is 1. The van der Waals surface area contributed by atoms with E-state index in [9.17, 15) is 10.1 Å². The SMILES string of the molecule is NCCC1CCCCN1c1ccc(Br)cc1[N+](=O)[O-]. The normalized spacial score (nSPS) is 19.5. The van der Waals surface area contributed by atoms with Gasteiger partial charge in [0.25, 0.3) is 5.69 Å². The van der Waals surface area contributed by atoms with Crippen LogP contribution in [0.2, 0.25) is 0 Å². The summed E-state index contributed by atoms with van der Waals surface area (Å²) in [6.07, 6.45) is 4.19. The van der Waals surface area contributed by atoms with Crippen molar-refractivity contribution in [1.82, 2.24) is 0 Å². The molecule has 6 heteroatoms. The minimum absolute atomic E-state index is 0.165. The van der Waals surface area contributed by atoms with Crippen molar-refractivity contribution in [2.45, 2.75) is 31.7 Å². The Hall–Kier alpha value is -1.14. The summed E-state index contributed by atoms with van der Waals surface area (Å²) in [5, 5.41) is 11.2. The number of benzene rings is 1. The smallest absolute Gasteiger partial charge is 0.293 e. The van der Waals surface area contributed by atoms with Gasteiger partial charge in [0.05, 0.1) is 4.92 Å². The van der Waals surface area contributed by atoms with E-state index in [1.165, 1.54) is 6.42 Å². The van der Waals surface area contributed by atoms with Crippen molar-refractivity contribution in [2.75, 3.05) is 18.0 Å². The van der Waals surface area contributed by atoms with Crippen LogP contribution >= 0.6 is 15.9 Å². The van der Waals surface area contributed by atoms with Crippen LogP contribution in [0, 0.1) is 10.1 Å². The molecule has 2 N–H and O–H groups in total. The summed E-state index contributed by atoms with van der Waals surface area (Å²) in [6, 6.07) is 5.58. The molecule has 0 aliphatic carbocycles. The molecule has 0 bridgehead atoms. The van der Waals surface area contributed by atoms with Crippen LogP contribution in [0.4, 0.5) is 11.4 Å². The number of halogens is 1. The highest BCUT2D eigenvalue weighted by atomic mass is 79.9. The maximum Gasteiger partial charge on any atom is 0.293 e. The van der Waals surface area contributed by atoms with Gasteiger partial charge < -0.3 is 10.6 Å². The first kappa shape index (κ1) is 14.3. The third-order valence-corrected chi connectivity index (χ3v) is 4.06. The van der Waals surface area contributed by atoms with E-state index < -0.39 is 0 Å². The van der Waals surface area contributed by atoms with Crippen molar-refractivity contribution in [3.8, 4) is 0 Å². The topological polar surface area (TPSA) is 72.4 Å². The van der Waals surface area contributed by atoms with Crippen LogP contribution in [0.15, 0.2) is 22.7 Å². The molecular formula is C13H18BrN3O2. The van der Waals surface area contributed by atoms with Crippen LogP contribution < -0.4 is 10.6 Å². The standard InChI is InChI=1S/C13H18BrN3O2/c14-10-4-5-12(13(9-10)17(18)19)16-8-2-1-3-11(16)6-7-15/h4-5,9,11H,1-3,6-8,15H2. The Labute approximate surface area is 121 Å². The zero-order valence-electron chi connectivity index (χ0n) is 10.7. The van der Waals surface area contributed by atoms with Gasteiger partial charge in [-0.25, -0.2) is 0 Å². The average Bonchev–Trinajstić information content (AvgIpc) is 2.40. The predicted octanol–water partition coefficient (Wildman–Crippen LogP) is 3.07. The molecule has 1 heterocycles. The van der Waals surface area contributed by atoms with E-state index in [1.807, 2.05) is 12.1 Å². The lowest BCUT2D eigenvalue weighted by molar-refractivity contribution is -0.384. The summed E-state index contributed by atoms with van der Waals surface area (Å²) >= 11 is 3.29. The van der Waals surface area contributed by atoms with Gasteiger partial charge in [0, 0.05) is 23.1 Å². The summed E-state index contributed by atoms with van der Waals surface area (Å²) in [5.74, 6) is 0. The second-order valence-corrected chi connectivity index (χ2v) is 5.73. The van der Waals surface area contributed by atoms with E-state index in [-0.39, 0.29) is 10.6 Å². The van der Waals surface area contributed by atoms with Gasteiger partial charge in [0.15, 0.2) is 0 Å². The molecule has 0 radical (unpaired) electrons. The summed E-state index contributed by atoms with van der Waals surface area (Å²) in [5.41, 5.74) is 6.53. The van der Waals surface area contributed by atoms with E-state index in [1.54, 1.807) is 6.07 Å². The molecule has 1 aliphatic rings. The van der Waals surface area contributed by atoms with Gasteiger partial charge in [0.1, 0.15) is 5.69 Å². The minimum atomic E-state index is -0.311. The fourth-order valence-corrected chi connectivity index (χ4v) is 3.04. The summed E-state index contributed by atoms with van der Waals surface area (Å²) in [6.45, 7) is 1.48. The van der Waals surface area contributed by atoms with E-state index in [2.05, 4.69) is 20.8 Å². The maximum absolute atomic E-state index is 11.2. The first-order valence-electron chi connectivity index (χ1n) is 6.54. The molecule has 0 amide bonds. The molecule has 1 aliphatic heterocycles. The predicted molar refractivity (Wildman–Crippen MR) is 79.5 cm³/mol. The molecule has 0 spiro atoms. The molecule has 1 saturated heterocycles. The van der Waals surface area contributed by atoms with Crippen LogP contribution in [0.5, 0.6) is 0 Å². The van der Waals surface area contributed by atoms with Crippen LogP contribution in [-0.2, 0) is 0 Å². The monoisotopic (exact) mass is 327 g/mol. The summed E-state index contributed by atoms with van der Waals surface area (Å²) in [7, 11) is 0.